The Labute approximate surface area is 364 Å². The molecule has 0 saturated heterocycles. The first-order chi connectivity index (χ1) is 30.6. The predicted octanol–water partition coefficient (Wildman–Crippen LogP) is 16.1. The number of hydrogen-bond donors (Lipinski definition) is 0. The summed E-state index contributed by atoms with van der Waals surface area (Å²) in [5.74, 6) is 0.348. The fourth-order valence-electron chi connectivity index (χ4n) is 10.3. The third-order valence-corrected chi connectivity index (χ3v) is 13.4. The van der Waals surface area contributed by atoms with Crippen LogP contribution in [0.15, 0.2) is 200 Å². The lowest BCUT2D eigenvalue weighted by molar-refractivity contribution is 0.736. The molecule has 2 aliphatic rings. The van der Waals surface area contributed by atoms with Crippen molar-refractivity contribution in [2.75, 3.05) is 0 Å². The van der Waals surface area contributed by atoms with Gasteiger partial charge in [0.2, 0.25) is 0 Å². The summed E-state index contributed by atoms with van der Waals surface area (Å²) in [5, 5.41) is 6.18. The Balaban J connectivity index is 1.14. The van der Waals surface area contributed by atoms with Gasteiger partial charge in [0.15, 0.2) is 0 Å². The molecule has 2 aliphatic carbocycles. The number of nitrogens with zero attached hydrogens (tertiary/aromatic N) is 1. The van der Waals surface area contributed by atoms with Crippen molar-refractivity contribution in [3.8, 4) is 33.5 Å². The van der Waals surface area contributed by atoms with Crippen LogP contribution in [0.25, 0.3) is 84.2 Å². The number of allylic oxidation sites excluding steroid dienone is 4. The first-order valence-corrected chi connectivity index (χ1v) is 21.8. The molecule has 294 valence electrons. The normalized spacial score (nSPS) is 14.0. The molecule has 8 aromatic carbocycles. The van der Waals surface area contributed by atoms with Crippen LogP contribution in [0.5, 0.6) is 0 Å². The van der Waals surface area contributed by atoms with Crippen molar-refractivity contribution < 1.29 is 0 Å². The standard InChI is InChI=1S/C61H45N/c1-4-6-18-41-27-28-42-32-36-58(62-60(42)59(41)40(3)5-2)45-30-34-53-55-38-44(31-35-56(55)61(57(53)39-45,46-19-10-7-11-20-46)47-21-12-8-13-22-47)43-29-33-52-50-26-17-16-25-48(50)49-23-14-9-15-24-51(49)54(52)37-43/h4,6-13,15-40H,1,5H2,2-3H3/b18-6-. The molecule has 0 amide bonds. The van der Waals surface area contributed by atoms with E-state index in [1.807, 2.05) is 18.2 Å². The summed E-state index contributed by atoms with van der Waals surface area (Å²) in [6.07, 6.45) is 15.5. The molecule has 9 aromatic rings. The molecule has 0 N–H and O–H groups in total. The lowest BCUT2D eigenvalue weighted by Crippen LogP contribution is -2.28. The van der Waals surface area contributed by atoms with Gasteiger partial charge in [-0.25, -0.2) is 4.98 Å². The number of fused-ring (bicyclic) bond motifs is 10. The number of rotatable bonds is 8. The van der Waals surface area contributed by atoms with Crippen LogP contribution in [-0.2, 0) is 5.41 Å². The zero-order valence-electron chi connectivity index (χ0n) is 35.1. The number of hydrogen-bond acceptors (Lipinski definition) is 1. The summed E-state index contributed by atoms with van der Waals surface area (Å²) < 4.78 is 0. The smallest absolute Gasteiger partial charge is 0.0750 e. The fourth-order valence-corrected chi connectivity index (χ4v) is 10.3. The molecule has 1 heteroatoms. The van der Waals surface area contributed by atoms with Gasteiger partial charge in [0.05, 0.1) is 16.6 Å². The summed E-state index contributed by atoms with van der Waals surface area (Å²) >= 11 is 0. The zero-order valence-corrected chi connectivity index (χ0v) is 35.1. The Hall–Kier alpha value is -7.57. The average molecular weight is 792 g/mol. The molecule has 0 radical (unpaired) electrons. The molecule has 11 rings (SSSR count). The van der Waals surface area contributed by atoms with E-state index >= 15 is 0 Å². The van der Waals surface area contributed by atoms with E-state index in [-0.39, 0.29) is 0 Å². The molecule has 0 bridgehead atoms. The van der Waals surface area contributed by atoms with Crippen molar-refractivity contribution in [3.63, 3.8) is 0 Å². The Bertz CT molecular complexity index is 3350. The second kappa shape index (κ2) is 15.2. The second-order valence-corrected chi connectivity index (χ2v) is 16.7. The first kappa shape index (κ1) is 37.4. The van der Waals surface area contributed by atoms with E-state index in [0.29, 0.717) is 5.92 Å². The number of aromatic nitrogens is 1. The molecule has 0 spiro atoms. The van der Waals surface area contributed by atoms with Crippen LogP contribution in [0, 0.1) is 0 Å². The van der Waals surface area contributed by atoms with Crippen molar-refractivity contribution >= 4 is 50.7 Å². The van der Waals surface area contributed by atoms with Crippen LogP contribution in [0.2, 0.25) is 0 Å². The zero-order chi connectivity index (χ0) is 41.8. The lowest BCUT2D eigenvalue weighted by Gasteiger charge is -2.34. The van der Waals surface area contributed by atoms with E-state index in [4.69, 9.17) is 4.98 Å². The molecule has 1 aromatic heterocycles. The van der Waals surface area contributed by atoms with Crippen LogP contribution in [-0.4, -0.2) is 4.98 Å². The molecule has 1 atom stereocenters. The maximum absolute atomic E-state index is 5.51. The van der Waals surface area contributed by atoms with Gasteiger partial charge in [0.25, 0.3) is 0 Å². The van der Waals surface area contributed by atoms with Gasteiger partial charge in [-0.1, -0.05) is 190 Å². The highest BCUT2D eigenvalue weighted by Gasteiger charge is 2.46. The second-order valence-electron chi connectivity index (χ2n) is 16.7. The molecular weight excluding hydrogens is 747 g/mol. The molecule has 1 nitrogen and oxygen atoms in total. The molecule has 0 saturated carbocycles. The summed E-state index contributed by atoms with van der Waals surface area (Å²) in [6, 6.07) is 61.0. The third-order valence-electron chi connectivity index (χ3n) is 13.4. The van der Waals surface area contributed by atoms with Gasteiger partial charge in [-0.15, -0.1) is 5.73 Å². The van der Waals surface area contributed by atoms with Gasteiger partial charge in [-0.2, -0.15) is 0 Å². The van der Waals surface area contributed by atoms with Crippen LogP contribution < -0.4 is 0 Å². The Morgan fingerprint density at radius 3 is 2.10 bits per heavy atom. The van der Waals surface area contributed by atoms with E-state index in [2.05, 4.69) is 214 Å². The van der Waals surface area contributed by atoms with Gasteiger partial charge in [0.1, 0.15) is 0 Å². The van der Waals surface area contributed by atoms with Gasteiger partial charge in [0, 0.05) is 10.9 Å². The molecule has 1 heterocycles. The Morgan fingerprint density at radius 1 is 0.629 bits per heavy atom. The fraction of sp³-hybridized carbons (Fsp3) is 0.0820. The van der Waals surface area contributed by atoms with Gasteiger partial charge < -0.3 is 0 Å². The van der Waals surface area contributed by atoms with Crippen LogP contribution in [0.1, 0.15) is 70.7 Å². The summed E-state index contributed by atoms with van der Waals surface area (Å²) in [5.41, 5.74) is 20.8. The highest BCUT2D eigenvalue weighted by molar-refractivity contribution is 6.15. The predicted molar refractivity (Wildman–Crippen MR) is 264 cm³/mol. The Morgan fingerprint density at radius 2 is 1.32 bits per heavy atom. The molecule has 62 heavy (non-hydrogen) atoms. The SMILES string of the molecule is C=C/C=C\c1ccc2ccc(-c3ccc4c(c3)C(c3ccccc3)(c3ccccc3)c3ccc(-c5ccc6c(c5)c5c(c7ccccc76)C=C=CC=C5)cc3-4)nc2c1C(C)CC. The summed E-state index contributed by atoms with van der Waals surface area (Å²) in [4.78, 5) is 5.51. The highest BCUT2D eigenvalue weighted by atomic mass is 14.7. The third kappa shape index (κ3) is 5.81. The van der Waals surface area contributed by atoms with Gasteiger partial charge >= 0.3 is 0 Å². The minimum atomic E-state index is -0.549. The maximum atomic E-state index is 5.51. The summed E-state index contributed by atoms with van der Waals surface area (Å²) in [7, 11) is 0. The van der Waals surface area contributed by atoms with Crippen molar-refractivity contribution in [3.05, 3.63) is 245 Å². The first-order valence-electron chi connectivity index (χ1n) is 21.8. The van der Waals surface area contributed by atoms with Crippen molar-refractivity contribution in [2.45, 2.75) is 31.6 Å². The quantitative estimate of drug-likeness (QED) is 0.0848. The van der Waals surface area contributed by atoms with E-state index in [1.54, 1.807) is 0 Å². The monoisotopic (exact) mass is 791 g/mol. The van der Waals surface area contributed by atoms with Gasteiger partial charge in [-0.3, -0.25) is 0 Å². The highest BCUT2D eigenvalue weighted by Crippen LogP contribution is 2.57. The van der Waals surface area contributed by atoms with E-state index < -0.39 is 5.41 Å². The van der Waals surface area contributed by atoms with Crippen molar-refractivity contribution in [1.29, 1.82) is 0 Å². The van der Waals surface area contributed by atoms with E-state index in [1.165, 1.54) is 88.3 Å². The largest absolute Gasteiger partial charge is 0.247 e. The van der Waals surface area contributed by atoms with E-state index in [0.717, 1.165) is 28.6 Å². The molecule has 0 aliphatic heterocycles. The molecule has 0 fully saturated rings. The van der Waals surface area contributed by atoms with E-state index in [9.17, 15) is 0 Å². The number of benzene rings is 8. The minimum Gasteiger partial charge on any atom is -0.247 e. The number of pyridine rings is 1. The Kier molecular flexibility index (Phi) is 9.15. The minimum absolute atomic E-state index is 0.348. The van der Waals surface area contributed by atoms with Crippen molar-refractivity contribution in [2.24, 2.45) is 0 Å². The van der Waals surface area contributed by atoms with Crippen LogP contribution in [0.4, 0.5) is 0 Å². The van der Waals surface area contributed by atoms with Gasteiger partial charge in [-0.05, 0) is 137 Å². The average Bonchev–Trinajstić information content (AvgIpc) is 3.42. The molecular formula is C61H45N. The lowest BCUT2D eigenvalue weighted by atomic mass is 9.67. The van der Waals surface area contributed by atoms with Crippen LogP contribution in [0.3, 0.4) is 0 Å². The maximum Gasteiger partial charge on any atom is 0.0750 e. The summed E-state index contributed by atoms with van der Waals surface area (Å²) in [6.45, 7) is 8.50. The van der Waals surface area contributed by atoms with Crippen LogP contribution >= 0.6 is 0 Å². The molecule has 1 unspecified atom stereocenters. The topological polar surface area (TPSA) is 12.9 Å². The van der Waals surface area contributed by atoms with Crippen molar-refractivity contribution in [1.82, 2.24) is 4.98 Å².